The van der Waals surface area contributed by atoms with E-state index >= 15 is 0 Å². The zero-order valence-electron chi connectivity index (χ0n) is 30.9. The highest BCUT2D eigenvalue weighted by Crippen LogP contribution is 2.63. The molecule has 0 aliphatic rings. The van der Waals surface area contributed by atoms with Gasteiger partial charge in [-0.3, -0.25) is 0 Å². The van der Waals surface area contributed by atoms with Gasteiger partial charge in [0.15, 0.2) is 11.1 Å². The van der Waals surface area contributed by atoms with E-state index in [1.165, 1.54) is 26.8 Å². The first-order valence-electron chi connectivity index (χ1n) is 19.1. The topological polar surface area (TPSA) is 9.23 Å². The lowest BCUT2D eigenvalue weighted by Crippen LogP contribution is -2.40. The third kappa shape index (κ3) is 6.43. The van der Waals surface area contributed by atoms with Gasteiger partial charge in [-0.1, -0.05) is 194 Å². The van der Waals surface area contributed by atoms with Gasteiger partial charge in [0.05, 0.1) is 0 Å². The lowest BCUT2D eigenvalue weighted by Gasteiger charge is -2.34. The molecule has 0 atom stereocenters. The normalized spacial score (nSPS) is 11.2. The Labute approximate surface area is 330 Å². The van der Waals surface area contributed by atoms with Crippen LogP contribution in [0.3, 0.4) is 0 Å². The molecule has 0 amide bonds. The largest absolute Gasteiger partial charge is 0.452 e. The number of hydrogen-bond donors (Lipinski definition) is 0. The van der Waals surface area contributed by atoms with E-state index in [0.717, 1.165) is 50.4 Å². The van der Waals surface area contributed by atoms with Crippen molar-refractivity contribution >= 4 is 28.5 Å². The fourth-order valence-corrected chi connectivity index (χ4v) is 12.6. The van der Waals surface area contributed by atoms with Crippen molar-refractivity contribution in [3.05, 3.63) is 243 Å². The van der Waals surface area contributed by atoms with Crippen molar-refractivity contribution in [3.8, 4) is 56.0 Å². The van der Waals surface area contributed by atoms with E-state index in [2.05, 4.69) is 237 Å². The first-order valence-corrected chi connectivity index (χ1v) is 20.9. The molecule has 0 radical (unpaired) electrons. The molecule has 0 saturated heterocycles. The summed E-state index contributed by atoms with van der Waals surface area (Å²) in [7, 11) is -2.81. The SMILES string of the molecule is c1ccc(Oc2c(-c3ccccc3)c(-c3ccccc3)c(-c3ccccc3)c(-c3ccccc3)c2[P+](c2ccccc2)(c2ccccc2)c2ccccc2)cc1. The molecule has 0 aromatic heterocycles. The Morgan fingerprint density at radius 2 is 0.518 bits per heavy atom. The molecule has 266 valence electrons. The van der Waals surface area contributed by atoms with Crippen LogP contribution in [0.15, 0.2) is 243 Å². The Morgan fingerprint density at radius 3 is 0.875 bits per heavy atom. The van der Waals surface area contributed by atoms with Gasteiger partial charge in [0.25, 0.3) is 0 Å². The summed E-state index contributed by atoms with van der Waals surface area (Å²) in [5.74, 6) is 1.63. The van der Waals surface area contributed by atoms with E-state index in [0.29, 0.717) is 0 Å². The van der Waals surface area contributed by atoms with Gasteiger partial charge in [-0.2, -0.15) is 0 Å². The number of benzene rings is 9. The van der Waals surface area contributed by atoms with E-state index in [4.69, 9.17) is 4.74 Å². The molecule has 0 bridgehead atoms. The van der Waals surface area contributed by atoms with E-state index < -0.39 is 7.26 Å². The van der Waals surface area contributed by atoms with Crippen LogP contribution in [0.25, 0.3) is 44.5 Å². The van der Waals surface area contributed by atoms with E-state index in [1.807, 2.05) is 6.07 Å². The van der Waals surface area contributed by atoms with Crippen molar-refractivity contribution in [2.45, 2.75) is 0 Å². The van der Waals surface area contributed by atoms with Gasteiger partial charge in [0.1, 0.15) is 28.9 Å². The van der Waals surface area contributed by atoms with Crippen LogP contribution >= 0.6 is 7.26 Å². The second kappa shape index (κ2) is 15.9. The number of para-hydroxylation sites is 1. The minimum Gasteiger partial charge on any atom is -0.452 e. The predicted octanol–water partition coefficient (Wildman–Crippen LogP) is 12.8. The van der Waals surface area contributed by atoms with Gasteiger partial charge in [0.2, 0.25) is 0 Å². The third-order valence-corrected chi connectivity index (χ3v) is 14.7. The van der Waals surface area contributed by atoms with Gasteiger partial charge in [-0.15, -0.1) is 0 Å². The first kappa shape index (κ1) is 34.9. The molecule has 0 saturated carbocycles. The van der Waals surface area contributed by atoms with Crippen molar-refractivity contribution in [2.75, 3.05) is 0 Å². The molecule has 0 aliphatic carbocycles. The zero-order valence-corrected chi connectivity index (χ0v) is 31.8. The fourth-order valence-electron chi connectivity index (χ4n) is 8.08. The average Bonchev–Trinajstić information content (AvgIpc) is 3.29. The minimum atomic E-state index is -2.81. The molecular weight excluding hydrogens is 696 g/mol. The smallest absolute Gasteiger partial charge is 0.179 e. The summed E-state index contributed by atoms with van der Waals surface area (Å²) in [5, 5.41) is 4.92. The van der Waals surface area contributed by atoms with Crippen LogP contribution in [-0.2, 0) is 0 Å². The molecule has 0 aliphatic heterocycles. The highest BCUT2D eigenvalue weighted by Gasteiger charge is 2.53. The lowest BCUT2D eigenvalue weighted by molar-refractivity contribution is 0.489. The van der Waals surface area contributed by atoms with Gasteiger partial charge in [0, 0.05) is 22.3 Å². The Hall–Kier alpha value is -6.79. The molecule has 0 fully saturated rings. The van der Waals surface area contributed by atoms with Crippen molar-refractivity contribution in [1.29, 1.82) is 0 Å². The van der Waals surface area contributed by atoms with Gasteiger partial charge in [-0.05, 0) is 70.8 Å². The summed E-state index contributed by atoms with van der Waals surface area (Å²) >= 11 is 0. The summed E-state index contributed by atoms with van der Waals surface area (Å²) in [5.41, 5.74) is 8.99. The molecule has 0 unspecified atom stereocenters. The standard InChI is InChI=1S/C54H40OP/c1-9-25-41(26-10-1)49-50(42-27-11-2-12-28-42)52(44-31-15-4-16-32-44)54(53(55-45-33-17-5-18-34-45)51(49)43-29-13-3-14-30-43)56(46-35-19-6-20-36-46,47-37-21-7-22-38-47)48-39-23-8-24-40-48/h1-40H/q+1. The van der Waals surface area contributed by atoms with Crippen molar-refractivity contribution < 1.29 is 4.74 Å². The maximum Gasteiger partial charge on any atom is 0.179 e. The minimum absolute atomic E-state index is 0.781. The van der Waals surface area contributed by atoms with Crippen LogP contribution in [0.4, 0.5) is 0 Å². The third-order valence-electron chi connectivity index (χ3n) is 10.4. The maximum atomic E-state index is 7.61. The van der Waals surface area contributed by atoms with E-state index in [1.54, 1.807) is 0 Å². The summed E-state index contributed by atoms with van der Waals surface area (Å²) in [4.78, 5) is 0. The van der Waals surface area contributed by atoms with Crippen molar-refractivity contribution in [2.24, 2.45) is 0 Å². The van der Waals surface area contributed by atoms with Gasteiger partial charge < -0.3 is 4.74 Å². The van der Waals surface area contributed by atoms with Crippen LogP contribution in [-0.4, -0.2) is 0 Å². The van der Waals surface area contributed by atoms with E-state index in [9.17, 15) is 0 Å². The van der Waals surface area contributed by atoms with Crippen LogP contribution in [0.1, 0.15) is 0 Å². The first-order chi connectivity index (χ1) is 27.8. The Kier molecular flexibility index (Phi) is 9.92. The summed E-state index contributed by atoms with van der Waals surface area (Å²) < 4.78 is 7.61. The second-order valence-corrected chi connectivity index (χ2v) is 17.1. The summed E-state index contributed by atoms with van der Waals surface area (Å²) in [6.07, 6.45) is 0. The van der Waals surface area contributed by atoms with Crippen LogP contribution in [0, 0.1) is 0 Å². The number of rotatable bonds is 10. The lowest BCUT2D eigenvalue weighted by atomic mass is 9.82. The fraction of sp³-hybridized carbons (Fsp3) is 0. The van der Waals surface area contributed by atoms with Gasteiger partial charge >= 0.3 is 0 Å². The second-order valence-electron chi connectivity index (χ2n) is 13.7. The van der Waals surface area contributed by atoms with Crippen LogP contribution in [0.5, 0.6) is 11.5 Å². The molecule has 0 spiro atoms. The van der Waals surface area contributed by atoms with Crippen LogP contribution in [0.2, 0.25) is 0 Å². The molecule has 9 aromatic rings. The molecule has 2 heteroatoms. The predicted molar refractivity (Wildman–Crippen MR) is 239 cm³/mol. The maximum absolute atomic E-state index is 7.61. The molecule has 0 N–H and O–H groups in total. The molecule has 56 heavy (non-hydrogen) atoms. The molecule has 9 aromatic carbocycles. The molecule has 1 nitrogen and oxygen atoms in total. The highest BCUT2D eigenvalue weighted by molar-refractivity contribution is 8.02. The van der Waals surface area contributed by atoms with Crippen molar-refractivity contribution in [1.82, 2.24) is 0 Å². The number of hydrogen-bond acceptors (Lipinski definition) is 1. The molecule has 9 rings (SSSR count). The quantitative estimate of drug-likeness (QED) is 0.127. The Balaban J connectivity index is 1.64. The number of ether oxygens (including phenoxy) is 1. The average molecular weight is 736 g/mol. The zero-order chi connectivity index (χ0) is 37.6. The Morgan fingerprint density at radius 1 is 0.250 bits per heavy atom. The summed E-state index contributed by atoms with van der Waals surface area (Å²) in [6.45, 7) is 0. The van der Waals surface area contributed by atoms with E-state index in [-0.39, 0.29) is 0 Å². The molecular formula is C54H40OP+. The van der Waals surface area contributed by atoms with Crippen LogP contribution < -0.4 is 26.0 Å². The Bertz CT molecular complexity index is 2550. The molecule has 0 heterocycles. The van der Waals surface area contributed by atoms with Gasteiger partial charge in [-0.25, -0.2) is 0 Å². The summed E-state index contributed by atoms with van der Waals surface area (Å²) in [6, 6.07) is 87.3. The monoisotopic (exact) mass is 735 g/mol. The highest BCUT2D eigenvalue weighted by atomic mass is 31.2. The van der Waals surface area contributed by atoms with Crippen molar-refractivity contribution in [3.63, 3.8) is 0 Å².